The molecule has 2 nitrogen and oxygen atoms in total. The van der Waals surface area contributed by atoms with E-state index in [4.69, 9.17) is 0 Å². The molecule has 3 rings (SSSR count). The van der Waals surface area contributed by atoms with Crippen LogP contribution < -0.4 is 5.32 Å². The van der Waals surface area contributed by atoms with Gasteiger partial charge in [-0.2, -0.15) is 0 Å². The Labute approximate surface area is 89.9 Å². The lowest BCUT2D eigenvalue weighted by atomic mass is 10.0. The van der Waals surface area contributed by atoms with Crippen LogP contribution in [0.25, 0.3) is 10.9 Å². The molecule has 0 atom stereocenters. The van der Waals surface area contributed by atoms with E-state index in [1.807, 2.05) is 0 Å². The van der Waals surface area contributed by atoms with Crippen LogP contribution in [0.2, 0.25) is 0 Å². The zero-order valence-electron chi connectivity index (χ0n) is 9.09. The molecule has 0 spiro atoms. The molecule has 0 fully saturated rings. The van der Waals surface area contributed by atoms with Gasteiger partial charge < -0.3 is 9.88 Å². The van der Waals surface area contributed by atoms with Crippen LogP contribution >= 0.6 is 0 Å². The molecule has 0 unspecified atom stereocenters. The second kappa shape index (κ2) is 3.38. The van der Waals surface area contributed by atoms with E-state index in [2.05, 4.69) is 41.3 Å². The topological polar surface area (TPSA) is 17.0 Å². The Morgan fingerprint density at radius 1 is 1.27 bits per heavy atom. The van der Waals surface area contributed by atoms with Gasteiger partial charge in [-0.15, -0.1) is 0 Å². The number of benzene rings is 1. The smallest absolute Gasteiger partial charge is 0.0481 e. The first-order chi connectivity index (χ1) is 7.36. The highest BCUT2D eigenvalue weighted by atomic mass is 14.9. The maximum absolute atomic E-state index is 3.50. The quantitative estimate of drug-likeness (QED) is 0.690. The van der Waals surface area contributed by atoms with Crippen molar-refractivity contribution in [2.45, 2.75) is 19.4 Å². The monoisotopic (exact) mass is 200 g/mol. The van der Waals surface area contributed by atoms with Crippen molar-refractivity contribution in [1.29, 1.82) is 0 Å². The summed E-state index contributed by atoms with van der Waals surface area (Å²) in [5.74, 6) is 0. The minimum Gasteiger partial charge on any atom is -0.351 e. The maximum atomic E-state index is 3.50. The van der Waals surface area contributed by atoms with Crippen molar-refractivity contribution < 1.29 is 0 Å². The summed E-state index contributed by atoms with van der Waals surface area (Å²) in [5, 5.41) is 4.92. The number of nitrogens with one attached hydrogen (secondary N) is 1. The van der Waals surface area contributed by atoms with E-state index >= 15 is 0 Å². The van der Waals surface area contributed by atoms with E-state index in [1.54, 1.807) is 0 Å². The van der Waals surface area contributed by atoms with Crippen LogP contribution in [-0.4, -0.2) is 11.1 Å². The van der Waals surface area contributed by atoms with Crippen LogP contribution in [0, 0.1) is 0 Å². The molecule has 2 aromatic rings. The highest BCUT2D eigenvalue weighted by molar-refractivity contribution is 5.85. The third-order valence-corrected chi connectivity index (χ3v) is 3.38. The molecule has 1 N–H and O–H groups in total. The van der Waals surface area contributed by atoms with Crippen LogP contribution in [0.5, 0.6) is 0 Å². The van der Waals surface area contributed by atoms with Crippen molar-refractivity contribution in [2.24, 2.45) is 7.05 Å². The lowest BCUT2D eigenvalue weighted by molar-refractivity contribution is 0.682. The van der Waals surface area contributed by atoms with Crippen molar-refractivity contribution in [3.8, 4) is 0 Å². The van der Waals surface area contributed by atoms with Gasteiger partial charge in [0.1, 0.15) is 0 Å². The fourth-order valence-electron chi connectivity index (χ4n) is 2.52. The summed E-state index contributed by atoms with van der Waals surface area (Å²) in [6, 6.07) is 6.78. The summed E-state index contributed by atoms with van der Waals surface area (Å²) in [5.41, 5.74) is 4.38. The van der Waals surface area contributed by atoms with Crippen molar-refractivity contribution in [3.05, 3.63) is 35.5 Å². The number of aromatic nitrogens is 1. The third-order valence-electron chi connectivity index (χ3n) is 3.38. The van der Waals surface area contributed by atoms with E-state index in [0.717, 1.165) is 13.1 Å². The van der Waals surface area contributed by atoms with Crippen molar-refractivity contribution >= 4 is 10.9 Å². The highest BCUT2D eigenvalue weighted by Gasteiger charge is 2.11. The van der Waals surface area contributed by atoms with Gasteiger partial charge in [-0.1, -0.05) is 6.07 Å². The normalized spacial score (nSPS) is 16.3. The van der Waals surface area contributed by atoms with E-state index in [0.29, 0.717) is 0 Å². The molecular weight excluding hydrogens is 184 g/mol. The molecule has 2 heteroatoms. The molecule has 1 aliphatic heterocycles. The Bertz CT molecular complexity index is 496. The minimum absolute atomic E-state index is 1.02. The molecule has 0 bridgehead atoms. The summed E-state index contributed by atoms with van der Waals surface area (Å²) in [6.45, 7) is 2.17. The summed E-state index contributed by atoms with van der Waals surface area (Å²) in [4.78, 5) is 0. The van der Waals surface area contributed by atoms with Gasteiger partial charge in [-0.25, -0.2) is 0 Å². The van der Waals surface area contributed by atoms with Crippen molar-refractivity contribution in [2.75, 3.05) is 6.54 Å². The lowest BCUT2D eigenvalue weighted by Crippen LogP contribution is -2.12. The molecule has 0 radical (unpaired) electrons. The molecule has 15 heavy (non-hydrogen) atoms. The Hall–Kier alpha value is -1.28. The summed E-state index contributed by atoms with van der Waals surface area (Å²) < 4.78 is 2.19. The van der Waals surface area contributed by atoms with Crippen LogP contribution in [0.1, 0.15) is 17.5 Å². The molecule has 1 aromatic carbocycles. The first-order valence-corrected chi connectivity index (χ1v) is 5.63. The Kier molecular flexibility index (Phi) is 2.03. The summed E-state index contributed by atoms with van der Waals surface area (Å²) in [7, 11) is 2.11. The number of hydrogen-bond acceptors (Lipinski definition) is 1. The average molecular weight is 200 g/mol. The second-order valence-electron chi connectivity index (χ2n) is 4.34. The Morgan fingerprint density at radius 3 is 3.13 bits per heavy atom. The molecule has 0 saturated carbocycles. The molecule has 1 aliphatic rings. The number of hydrogen-bond donors (Lipinski definition) is 1. The molecule has 78 valence electrons. The van der Waals surface area contributed by atoms with Crippen molar-refractivity contribution in [3.63, 3.8) is 0 Å². The SMILES string of the molecule is Cn1ccc2c3c(ccc21)CCCNC3. The largest absolute Gasteiger partial charge is 0.351 e. The van der Waals surface area contributed by atoms with Gasteiger partial charge in [0.25, 0.3) is 0 Å². The maximum Gasteiger partial charge on any atom is 0.0481 e. The number of aryl methyl sites for hydroxylation is 2. The van der Waals surface area contributed by atoms with Crippen molar-refractivity contribution in [1.82, 2.24) is 9.88 Å². The van der Waals surface area contributed by atoms with E-state index in [9.17, 15) is 0 Å². The number of fused-ring (bicyclic) bond motifs is 3. The molecule has 0 aliphatic carbocycles. The van der Waals surface area contributed by atoms with Crippen LogP contribution in [-0.2, 0) is 20.0 Å². The van der Waals surface area contributed by atoms with E-state index in [1.165, 1.54) is 34.9 Å². The first kappa shape index (κ1) is 8.98. The Morgan fingerprint density at radius 2 is 2.20 bits per heavy atom. The van der Waals surface area contributed by atoms with Gasteiger partial charge in [0.05, 0.1) is 0 Å². The predicted molar refractivity (Wildman–Crippen MR) is 62.9 cm³/mol. The third kappa shape index (κ3) is 1.37. The molecule has 1 aromatic heterocycles. The van der Waals surface area contributed by atoms with Crippen LogP contribution in [0.4, 0.5) is 0 Å². The van der Waals surface area contributed by atoms with E-state index in [-0.39, 0.29) is 0 Å². The molecule has 2 heterocycles. The molecule has 0 saturated heterocycles. The molecular formula is C13H16N2. The average Bonchev–Trinajstić information content (AvgIpc) is 2.51. The van der Waals surface area contributed by atoms with Crippen LogP contribution in [0.15, 0.2) is 24.4 Å². The zero-order chi connectivity index (χ0) is 10.3. The van der Waals surface area contributed by atoms with Gasteiger partial charge in [0.2, 0.25) is 0 Å². The highest BCUT2D eigenvalue weighted by Crippen LogP contribution is 2.25. The van der Waals surface area contributed by atoms with E-state index < -0.39 is 0 Å². The fourth-order valence-corrected chi connectivity index (χ4v) is 2.52. The first-order valence-electron chi connectivity index (χ1n) is 5.63. The number of nitrogens with zero attached hydrogens (tertiary/aromatic N) is 1. The van der Waals surface area contributed by atoms with Crippen LogP contribution in [0.3, 0.4) is 0 Å². The lowest BCUT2D eigenvalue weighted by Gasteiger charge is -2.07. The summed E-state index contributed by atoms with van der Waals surface area (Å²) in [6.07, 6.45) is 4.62. The Balaban J connectivity index is 2.27. The molecule has 0 amide bonds. The van der Waals surface area contributed by atoms with Gasteiger partial charge >= 0.3 is 0 Å². The summed E-state index contributed by atoms with van der Waals surface area (Å²) >= 11 is 0. The fraction of sp³-hybridized carbons (Fsp3) is 0.385. The second-order valence-corrected chi connectivity index (χ2v) is 4.34. The zero-order valence-corrected chi connectivity index (χ0v) is 9.09. The minimum atomic E-state index is 1.02. The van der Waals surface area contributed by atoms with Gasteiger partial charge in [0, 0.05) is 30.7 Å². The van der Waals surface area contributed by atoms with Gasteiger partial charge in [-0.3, -0.25) is 0 Å². The van der Waals surface area contributed by atoms with Gasteiger partial charge in [0.15, 0.2) is 0 Å². The predicted octanol–water partition coefficient (Wildman–Crippen LogP) is 2.21. The standard InChI is InChI=1S/C13H16N2/c1-15-8-6-11-12-9-14-7-2-3-10(12)4-5-13(11)15/h4-6,8,14H,2-3,7,9H2,1H3. The number of rotatable bonds is 0. The van der Waals surface area contributed by atoms with Gasteiger partial charge in [-0.05, 0) is 42.6 Å².